The van der Waals surface area contributed by atoms with Crippen LogP contribution in [0.25, 0.3) is 23.0 Å². The predicted molar refractivity (Wildman–Crippen MR) is 92.9 cm³/mol. The maximum atomic E-state index is 13.4. The van der Waals surface area contributed by atoms with Crippen molar-refractivity contribution in [1.82, 2.24) is 24.8 Å². The van der Waals surface area contributed by atoms with Gasteiger partial charge in [-0.15, -0.1) is 0 Å². The van der Waals surface area contributed by atoms with Crippen LogP contribution < -0.4 is 0 Å². The molecule has 9 heteroatoms. The molecule has 0 atom stereocenters. The standard InChI is InChI=1S/C18H18FN5O3/c1-23-14-6-7-24(15(25)10-26-2)9-13(14)16(21-23)18-20-17(22-27-18)11-4-3-5-12(19)8-11/h3-5,8H,6-7,9-10H2,1-2H3. The number of hydrogen-bond acceptors (Lipinski definition) is 6. The highest BCUT2D eigenvalue weighted by Gasteiger charge is 2.29. The van der Waals surface area contributed by atoms with E-state index in [-0.39, 0.29) is 30.0 Å². The van der Waals surface area contributed by atoms with E-state index >= 15 is 0 Å². The molecule has 0 saturated carbocycles. The monoisotopic (exact) mass is 371 g/mol. The first-order chi connectivity index (χ1) is 13.1. The summed E-state index contributed by atoms with van der Waals surface area (Å²) in [5, 5.41) is 8.45. The van der Waals surface area contributed by atoms with Crippen LogP contribution in [0, 0.1) is 5.82 Å². The van der Waals surface area contributed by atoms with Crippen LogP contribution in [0.15, 0.2) is 28.8 Å². The van der Waals surface area contributed by atoms with Crippen molar-refractivity contribution in [1.29, 1.82) is 0 Å². The number of fused-ring (bicyclic) bond motifs is 1. The third-order valence-electron chi connectivity index (χ3n) is 4.57. The summed E-state index contributed by atoms with van der Waals surface area (Å²) in [4.78, 5) is 18.3. The van der Waals surface area contributed by atoms with Crippen molar-refractivity contribution in [2.45, 2.75) is 13.0 Å². The van der Waals surface area contributed by atoms with Crippen LogP contribution in [-0.2, 0) is 29.5 Å². The summed E-state index contributed by atoms with van der Waals surface area (Å²) in [6.07, 6.45) is 0.680. The number of carbonyl (C=O) groups is 1. The largest absolute Gasteiger partial charge is 0.375 e. The molecule has 3 aromatic rings. The maximum absolute atomic E-state index is 13.4. The Morgan fingerprint density at radius 1 is 1.41 bits per heavy atom. The summed E-state index contributed by atoms with van der Waals surface area (Å²) >= 11 is 0. The van der Waals surface area contributed by atoms with Crippen LogP contribution in [-0.4, -0.2) is 51.0 Å². The van der Waals surface area contributed by atoms with Gasteiger partial charge >= 0.3 is 0 Å². The number of aromatic nitrogens is 4. The van der Waals surface area contributed by atoms with E-state index in [9.17, 15) is 9.18 Å². The Kier molecular flexibility index (Phi) is 4.44. The lowest BCUT2D eigenvalue weighted by Gasteiger charge is -2.27. The fourth-order valence-corrected chi connectivity index (χ4v) is 3.26. The second-order valence-corrected chi connectivity index (χ2v) is 6.33. The van der Waals surface area contributed by atoms with Gasteiger partial charge in [0.15, 0.2) is 5.69 Å². The molecule has 8 nitrogen and oxygen atoms in total. The van der Waals surface area contributed by atoms with Crippen LogP contribution in [0.1, 0.15) is 11.3 Å². The summed E-state index contributed by atoms with van der Waals surface area (Å²) in [6.45, 7) is 1.04. The lowest BCUT2D eigenvalue weighted by molar-refractivity contribution is -0.136. The number of amides is 1. The summed E-state index contributed by atoms with van der Waals surface area (Å²) < 4.78 is 25.5. The van der Waals surface area contributed by atoms with Gasteiger partial charge in [0.05, 0.1) is 0 Å². The molecule has 140 valence electrons. The number of rotatable bonds is 4. The topological polar surface area (TPSA) is 86.3 Å². The Bertz CT molecular complexity index is 997. The van der Waals surface area contributed by atoms with Crippen LogP contribution in [0.5, 0.6) is 0 Å². The molecule has 0 saturated heterocycles. The first-order valence-corrected chi connectivity index (χ1v) is 8.48. The zero-order valence-corrected chi connectivity index (χ0v) is 15.0. The summed E-state index contributed by atoms with van der Waals surface area (Å²) in [5.41, 5.74) is 2.96. The first kappa shape index (κ1) is 17.3. The average Bonchev–Trinajstić information content (AvgIpc) is 3.27. The number of ether oxygens (including phenoxy) is 1. The van der Waals surface area contributed by atoms with Gasteiger partial charge < -0.3 is 14.2 Å². The van der Waals surface area contributed by atoms with Gasteiger partial charge in [0.2, 0.25) is 11.7 Å². The minimum absolute atomic E-state index is 0.0369. The number of halogens is 1. The smallest absolute Gasteiger partial charge is 0.279 e. The van der Waals surface area contributed by atoms with Gasteiger partial charge in [-0.05, 0) is 12.1 Å². The fourth-order valence-electron chi connectivity index (χ4n) is 3.26. The summed E-state index contributed by atoms with van der Waals surface area (Å²) in [7, 11) is 3.34. The molecule has 1 aromatic carbocycles. The van der Waals surface area contributed by atoms with Gasteiger partial charge in [0.1, 0.15) is 12.4 Å². The number of nitrogens with zero attached hydrogens (tertiary/aromatic N) is 5. The van der Waals surface area contributed by atoms with Crippen molar-refractivity contribution >= 4 is 5.91 Å². The van der Waals surface area contributed by atoms with E-state index < -0.39 is 0 Å². The van der Waals surface area contributed by atoms with Crippen LogP contribution >= 0.6 is 0 Å². The second-order valence-electron chi connectivity index (χ2n) is 6.33. The maximum Gasteiger partial charge on any atom is 0.279 e. The SMILES string of the molecule is COCC(=O)N1CCc2c(c(-c3nc(-c4cccc(F)c4)no3)nn2C)C1. The highest BCUT2D eigenvalue weighted by Crippen LogP contribution is 2.30. The van der Waals surface area contributed by atoms with E-state index in [0.717, 1.165) is 11.3 Å². The highest BCUT2D eigenvalue weighted by molar-refractivity contribution is 5.78. The molecule has 0 N–H and O–H groups in total. The summed E-state index contributed by atoms with van der Waals surface area (Å²) in [5.74, 6) is 0.0736. The Hall–Kier alpha value is -3.07. The van der Waals surface area contributed by atoms with E-state index in [4.69, 9.17) is 9.26 Å². The van der Waals surface area contributed by atoms with Crippen LogP contribution in [0.3, 0.4) is 0 Å². The van der Waals surface area contributed by atoms with Crippen LogP contribution in [0.2, 0.25) is 0 Å². The molecule has 0 bridgehead atoms. The molecule has 1 amide bonds. The van der Waals surface area contributed by atoms with E-state index in [2.05, 4.69) is 15.2 Å². The molecular formula is C18H18FN5O3. The van der Waals surface area contributed by atoms with Gasteiger partial charge in [-0.2, -0.15) is 10.1 Å². The normalized spacial score (nSPS) is 13.7. The Balaban J connectivity index is 1.67. The van der Waals surface area contributed by atoms with Crippen LogP contribution in [0.4, 0.5) is 4.39 Å². The van der Waals surface area contributed by atoms with Gasteiger partial charge in [0, 0.05) is 50.5 Å². The molecule has 0 spiro atoms. The first-order valence-electron chi connectivity index (χ1n) is 8.48. The van der Waals surface area contributed by atoms with Gasteiger partial charge in [-0.1, -0.05) is 17.3 Å². The molecule has 0 fully saturated rings. The molecule has 1 aliphatic heterocycles. The molecule has 4 rings (SSSR count). The van der Waals surface area contributed by atoms with Gasteiger partial charge in [0.25, 0.3) is 5.89 Å². The predicted octanol–water partition coefficient (Wildman–Crippen LogP) is 1.81. The highest BCUT2D eigenvalue weighted by atomic mass is 19.1. The molecule has 1 aliphatic rings. The Labute approximate surface area is 154 Å². The minimum Gasteiger partial charge on any atom is -0.375 e. The Morgan fingerprint density at radius 3 is 3.04 bits per heavy atom. The molecule has 27 heavy (non-hydrogen) atoms. The average molecular weight is 371 g/mol. The third kappa shape index (κ3) is 3.21. The van der Waals surface area contributed by atoms with E-state index in [1.54, 1.807) is 21.7 Å². The van der Waals surface area contributed by atoms with Crippen molar-refractivity contribution in [2.75, 3.05) is 20.3 Å². The second kappa shape index (κ2) is 6.92. The molecule has 2 aromatic heterocycles. The zero-order chi connectivity index (χ0) is 19.0. The summed E-state index contributed by atoms with van der Waals surface area (Å²) in [6, 6.07) is 5.98. The van der Waals surface area contributed by atoms with E-state index in [1.165, 1.54) is 19.2 Å². The van der Waals surface area contributed by atoms with Crippen molar-refractivity contribution in [3.8, 4) is 23.0 Å². The van der Waals surface area contributed by atoms with E-state index in [1.807, 2.05) is 7.05 Å². The number of aryl methyl sites for hydroxylation is 1. The number of methoxy groups -OCH3 is 1. The zero-order valence-electron chi connectivity index (χ0n) is 15.0. The Morgan fingerprint density at radius 2 is 2.26 bits per heavy atom. The van der Waals surface area contributed by atoms with Crippen molar-refractivity contribution < 1.29 is 18.4 Å². The minimum atomic E-state index is -0.374. The lowest BCUT2D eigenvalue weighted by Crippen LogP contribution is -2.38. The quantitative estimate of drug-likeness (QED) is 0.695. The van der Waals surface area contributed by atoms with Crippen molar-refractivity contribution in [2.24, 2.45) is 7.05 Å². The molecule has 3 heterocycles. The van der Waals surface area contributed by atoms with E-state index in [0.29, 0.717) is 30.8 Å². The molecule has 0 aliphatic carbocycles. The third-order valence-corrected chi connectivity index (χ3v) is 4.57. The lowest BCUT2D eigenvalue weighted by atomic mass is 10.0. The number of benzene rings is 1. The number of hydrogen-bond donors (Lipinski definition) is 0. The molecule has 0 radical (unpaired) electrons. The fraction of sp³-hybridized carbons (Fsp3) is 0.333. The molecule has 0 unspecified atom stereocenters. The van der Waals surface area contributed by atoms with Crippen molar-refractivity contribution in [3.05, 3.63) is 41.3 Å². The van der Waals surface area contributed by atoms with Crippen molar-refractivity contribution in [3.63, 3.8) is 0 Å². The van der Waals surface area contributed by atoms with Gasteiger partial charge in [-0.25, -0.2) is 4.39 Å². The van der Waals surface area contributed by atoms with Gasteiger partial charge in [-0.3, -0.25) is 9.48 Å². The number of carbonyl (C=O) groups excluding carboxylic acids is 1. The molecular weight excluding hydrogens is 353 g/mol.